The molecule has 0 aliphatic rings. The fourth-order valence-corrected chi connectivity index (χ4v) is 3.88. The third-order valence-corrected chi connectivity index (χ3v) is 5.19. The van der Waals surface area contributed by atoms with Gasteiger partial charge in [-0.15, -0.1) is 0 Å². The van der Waals surface area contributed by atoms with Crippen LogP contribution in [0, 0.1) is 0 Å². The quantitative estimate of drug-likeness (QED) is 0.357. The molecule has 0 saturated carbocycles. The van der Waals surface area contributed by atoms with Crippen LogP contribution in [0.3, 0.4) is 0 Å². The van der Waals surface area contributed by atoms with Gasteiger partial charge in [-0.3, -0.25) is 14.2 Å². The maximum absolute atomic E-state index is 13.0. The molecule has 0 bridgehead atoms. The summed E-state index contributed by atoms with van der Waals surface area (Å²) >= 11 is 1.12. The van der Waals surface area contributed by atoms with Gasteiger partial charge in [0.25, 0.3) is 5.56 Å². The molecule has 0 unspecified atom stereocenters. The molecule has 1 atom stereocenters. The van der Waals surface area contributed by atoms with E-state index in [4.69, 9.17) is 4.74 Å². The summed E-state index contributed by atoms with van der Waals surface area (Å²) < 4.78 is 6.71. The summed E-state index contributed by atoms with van der Waals surface area (Å²) in [6.45, 7) is 2.17. The van der Waals surface area contributed by atoms with Crippen LogP contribution in [0.2, 0.25) is 0 Å². The number of nitrogens with zero attached hydrogens (tertiary/aromatic N) is 2. The number of ether oxygens (including phenoxy) is 1. The Kier molecular flexibility index (Phi) is 6.01. The normalized spacial score (nSPS) is 12.2. The van der Waals surface area contributed by atoms with E-state index < -0.39 is 0 Å². The van der Waals surface area contributed by atoms with Crippen molar-refractivity contribution in [3.8, 4) is 11.5 Å². The first-order chi connectivity index (χ1) is 13.4. The molecule has 0 saturated heterocycles. The third-order valence-electron chi connectivity index (χ3n) is 4.24. The number of aromatic nitrogens is 2. The van der Waals surface area contributed by atoms with Crippen molar-refractivity contribution < 1.29 is 19.7 Å². The summed E-state index contributed by atoms with van der Waals surface area (Å²) in [4.78, 5) is 30.0. The Morgan fingerprint density at radius 3 is 2.71 bits per heavy atom. The Bertz CT molecular complexity index is 1080. The molecule has 8 heteroatoms. The standard InChI is InChI=1S/C20H20N2O5S/c1-12(10-27-2)22-19(26)14-5-3-4-6-16(14)21-20(22)28-11-18(25)15-8-7-13(23)9-17(15)24/h3-9,12,23-24H,10-11H2,1-2H3/t12-/m0/s1. The Morgan fingerprint density at radius 2 is 2.00 bits per heavy atom. The number of thioether (sulfide) groups is 1. The second-order valence-corrected chi connectivity index (χ2v) is 7.25. The minimum Gasteiger partial charge on any atom is -0.508 e. The minimum absolute atomic E-state index is 0.0250. The predicted octanol–water partition coefficient (Wildman–Crippen LogP) is 2.99. The first-order valence-corrected chi connectivity index (χ1v) is 9.59. The lowest BCUT2D eigenvalue weighted by molar-refractivity contribution is 0.102. The van der Waals surface area contributed by atoms with Gasteiger partial charge in [0.2, 0.25) is 0 Å². The van der Waals surface area contributed by atoms with Gasteiger partial charge >= 0.3 is 0 Å². The van der Waals surface area contributed by atoms with E-state index in [1.54, 1.807) is 31.4 Å². The molecule has 3 rings (SSSR count). The first-order valence-electron chi connectivity index (χ1n) is 8.60. The SMILES string of the molecule is COC[C@H](C)n1c(SCC(=O)c2ccc(O)cc2O)nc2ccccc2c1=O. The zero-order valence-electron chi connectivity index (χ0n) is 15.5. The number of carbonyl (C=O) groups excluding carboxylic acids is 1. The van der Waals surface area contributed by atoms with Gasteiger partial charge in [-0.25, -0.2) is 4.98 Å². The summed E-state index contributed by atoms with van der Waals surface area (Å²) in [7, 11) is 1.56. The molecule has 2 aromatic carbocycles. The molecular weight excluding hydrogens is 380 g/mol. The zero-order valence-corrected chi connectivity index (χ0v) is 16.3. The van der Waals surface area contributed by atoms with Crippen LogP contribution >= 0.6 is 11.8 Å². The van der Waals surface area contributed by atoms with Gasteiger partial charge in [0, 0.05) is 13.2 Å². The van der Waals surface area contributed by atoms with Gasteiger partial charge < -0.3 is 14.9 Å². The van der Waals surface area contributed by atoms with E-state index in [9.17, 15) is 19.8 Å². The number of fused-ring (bicyclic) bond motifs is 1. The summed E-state index contributed by atoms with van der Waals surface area (Å²) in [5.74, 6) is -0.777. The monoisotopic (exact) mass is 400 g/mol. The van der Waals surface area contributed by atoms with E-state index in [2.05, 4.69) is 4.98 Å². The van der Waals surface area contributed by atoms with Crippen molar-refractivity contribution in [2.24, 2.45) is 0 Å². The van der Waals surface area contributed by atoms with Crippen LogP contribution in [0.25, 0.3) is 10.9 Å². The number of phenolic OH excluding ortho intramolecular Hbond substituents is 2. The summed E-state index contributed by atoms with van der Waals surface area (Å²) in [5, 5.41) is 20.1. The highest BCUT2D eigenvalue weighted by Gasteiger charge is 2.19. The molecule has 146 valence electrons. The fourth-order valence-electron chi connectivity index (χ4n) is 2.90. The molecule has 0 radical (unpaired) electrons. The number of Topliss-reactive ketones (excluding diaryl/α,β-unsaturated/α-hetero) is 1. The summed E-state index contributed by atoms with van der Waals surface area (Å²) in [6, 6.07) is 10.6. The smallest absolute Gasteiger partial charge is 0.262 e. The van der Waals surface area contributed by atoms with Crippen molar-refractivity contribution in [3.05, 3.63) is 58.4 Å². The number of carbonyl (C=O) groups is 1. The third kappa shape index (κ3) is 4.02. The number of benzene rings is 2. The average molecular weight is 400 g/mol. The van der Waals surface area contributed by atoms with Crippen molar-refractivity contribution in [1.82, 2.24) is 9.55 Å². The number of hydrogen-bond donors (Lipinski definition) is 2. The number of para-hydroxylation sites is 1. The van der Waals surface area contributed by atoms with Crippen molar-refractivity contribution >= 4 is 28.4 Å². The molecular formula is C20H20N2O5S. The van der Waals surface area contributed by atoms with Gasteiger partial charge in [-0.2, -0.15) is 0 Å². The average Bonchev–Trinajstić information content (AvgIpc) is 2.66. The molecule has 3 aromatic rings. The lowest BCUT2D eigenvalue weighted by Crippen LogP contribution is -2.28. The van der Waals surface area contributed by atoms with Gasteiger partial charge in [0.05, 0.1) is 34.9 Å². The molecule has 0 amide bonds. The number of methoxy groups -OCH3 is 1. The molecule has 28 heavy (non-hydrogen) atoms. The van der Waals surface area contributed by atoms with Crippen molar-refractivity contribution in [2.45, 2.75) is 18.1 Å². The number of aromatic hydroxyl groups is 2. The van der Waals surface area contributed by atoms with E-state index in [0.717, 1.165) is 17.8 Å². The number of ketones is 1. The van der Waals surface area contributed by atoms with Gasteiger partial charge in [-0.05, 0) is 31.2 Å². The fraction of sp³-hybridized carbons (Fsp3) is 0.250. The van der Waals surface area contributed by atoms with Crippen LogP contribution in [0.1, 0.15) is 23.3 Å². The Hall–Kier alpha value is -2.84. The topological polar surface area (TPSA) is 102 Å². The maximum Gasteiger partial charge on any atom is 0.262 e. The van der Waals surface area contributed by atoms with Crippen LogP contribution in [0.4, 0.5) is 0 Å². The maximum atomic E-state index is 13.0. The first kappa shape index (κ1) is 19.9. The molecule has 0 aliphatic heterocycles. The van der Waals surface area contributed by atoms with E-state index in [1.165, 1.54) is 16.7 Å². The number of rotatable bonds is 7. The number of hydrogen-bond acceptors (Lipinski definition) is 7. The van der Waals surface area contributed by atoms with E-state index >= 15 is 0 Å². The Labute approximate surface area is 165 Å². The predicted molar refractivity (Wildman–Crippen MR) is 107 cm³/mol. The Morgan fingerprint density at radius 1 is 1.25 bits per heavy atom. The van der Waals surface area contributed by atoms with Crippen molar-refractivity contribution in [2.75, 3.05) is 19.5 Å². The molecule has 1 heterocycles. The largest absolute Gasteiger partial charge is 0.508 e. The zero-order chi connectivity index (χ0) is 20.3. The highest BCUT2D eigenvalue weighted by molar-refractivity contribution is 7.99. The van der Waals surface area contributed by atoms with Crippen molar-refractivity contribution in [1.29, 1.82) is 0 Å². The highest BCUT2D eigenvalue weighted by Crippen LogP contribution is 2.26. The van der Waals surface area contributed by atoms with Crippen LogP contribution in [0.5, 0.6) is 11.5 Å². The van der Waals surface area contributed by atoms with Crippen LogP contribution in [-0.4, -0.2) is 45.0 Å². The second kappa shape index (κ2) is 8.45. The van der Waals surface area contributed by atoms with Crippen molar-refractivity contribution in [3.63, 3.8) is 0 Å². The lowest BCUT2D eigenvalue weighted by Gasteiger charge is -2.18. The number of phenols is 2. The van der Waals surface area contributed by atoms with Gasteiger partial charge in [0.1, 0.15) is 11.5 Å². The van der Waals surface area contributed by atoms with Gasteiger partial charge in [-0.1, -0.05) is 23.9 Å². The summed E-state index contributed by atoms with van der Waals surface area (Å²) in [5.41, 5.74) is 0.457. The van der Waals surface area contributed by atoms with Crippen LogP contribution < -0.4 is 5.56 Å². The molecule has 7 nitrogen and oxygen atoms in total. The molecule has 2 N–H and O–H groups in total. The van der Waals surface area contributed by atoms with Crippen LogP contribution in [0.15, 0.2) is 52.4 Å². The highest BCUT2D eigenvalue weighted by atomic mass is 32.2. The molecule has 1 aromatic heterocycles. The van der Waals surface area contributed by atoms with Gasteiger partial charge in [0.15, 0.2) is 10.9 Å². The summed E-state index contributed by atoms with van der Waals surface area (Å²) in [6.07, 6.45) is 0. The van der Waals surface area contributed by atoms with E-state index in [0.29, 0.717) is 22.7 Å². The van der Waals surface area contributed by atoms with E-state index in [1.807, 2.05) is 6.92 Å². The second-order valence-electron chi connectivity index (χ2n) is 6.30. The molecule has 0 fully saturated rings. The molecule has 0 spiro atoms. The minimum atomic E-state index is -0.337. The Balaban J connectivity index is 1.96. The lowest BCUT2D eigenvalue weighted by atomic mass is 10.1. The van der Waals surface area contributed by atoms with E-state index in [-0.39, 0.29) is 40.2 Å². The molecule has 0 aliphatic carbocycles. The van der Waals surface area contributed by atoms with Crippen LogP contribution in [-0.2, 0) is 4.74 Å².